The van der Waals surface area contributed by atoms with E-state index in [2.05, 4.69) is 10.1 Å². The Morgan fingerprint density at radius 1 is 1.57 bits per heavy atom. The summed E-state index contributed by atoms with van der Waals surface area (Å²) in [5.74, 6) is 0.167. The molecule has 0 bridgehead atoms. The third kappa shape index (κ3) is 2.99. The fraction of sp³-hybridized carbons (Fsp3) is 0.778. The molecule has 0 spiro atoms. The lowest BCUT2D eigenvalue weighted by atomic mass is 9.93. The number of hydrogen-bond acceptors (Lipinski definition) is 4. The van der Waals surface area contributed by atoms with Crippen LogP contribution in [0.4, 0.5) is 4.79 Å². The Morgan fingerprint density at radius 2 is 2.21 bits per heavy atom. The van der Waals surface area contributed by atoms with Crippen LogP contribution < -0.4 is 5.32 Å². The van der Waals surface area contributed by atoms with E-state index >= 15 is 0 Å². The van der Waals surface area contributed by atoms with E-state index < -0.39 is 12.1 Å². The fourth-order valence-corrected chi connectivity index (χ4v) is 1.53. The average Bonchev–Trinajstić information content (AvgIpc) is 2.26. The summed E-state index contributed by atoms with van der Waals surface area (Å²) in [5, 5.41) is 2.50. The predicted octanol–water partition coefficient (Wildman–Crippen LogP) is 0.336. The van der Waals surface area contributed by atoms with Crippen LogP contribution >= 0.6 is 0 Å². The van der Waals surface area contributed by atoms with Crippen molar-refractivity contribution < 1.29 is 19.1 Å². The van der Waals surface area contributed by atoms with Gasteiger partial charge in [-0.1, -0.05) is 0 Å². The molecule has 0 radical (unpaired) electrons. The summed E-state index contributed by atoms with van der Waals surface area (Å²) in [6.07, 6.45) is 1.79. The maximum Gasteiger partial charge on any atom is 0.407 e. The zero-order chi connectivity index (χ0) is 10.4. The van der Waals surface area contributed by atoms with E-state index in [0.29, 0.717) is 13.2 Å². The number of carbonyl (C=O) groups is 2. The van der Waals surface area contributed by atoms with Crippen LogP contribution in [0.15, 0.2) is 0 Å². The first-order valence-electron chi connectivity index (χ1n) is 4.65. The second-order valence-electron chi connectivity index (χ2n) is 3.25. The molecule has 1 saturated heterocycles. The average molecular weight is 201 g/mol. The second-order valence-corrected chi connectivity index (χ2v) is 3.25. The SMILES string of the molecule is COC(=O)N[C@H](C=O)C1CCOCC1. The van der Waals surface area contributed by atoms with Crippen molar-refractivity contribution in [2.24, 2.45) is 5.92 Å². The van der Waals surface area contributed by atoms with E-state index in [0.717, 1.165) is 19.1 Å². The van der Waals surface area contributed by atoms with Gasteiger partial charge in [0, 0.05) is 13.2 Å². The van der Waals surface area contributed by atoms with Crippen molar-refractivity contribution in [1.29, 1.82) is 0 Å². The first-order chi connectivity index (χ1) is 6.77. The van der Waals surface area contributed by atoms with E-state index in [4.69, 9.17) is 4.74 Å². The summed E-state index contributed by atoms with van der Waals surface area (Å²) in [4.78, 5) is 21.6. The topological polar surface area (TPSA) is 64.6 Å². The smallest absolute Gasteiger partial charge is 0.407 e. The van der Waals surface area contributed by atoms with Crippen molar-refractivity contribution in [3.8, 4) is 0 Å². The third-order valence-corrected chi connectivity index (χ3v) is 2.39. The van der Waals surface area contributed by atoms with Crippen LogP contribution in [0.3, 0.4) is 0 Å². The number of ether oxygens (including phenoxy) is 2. The minimum absolute atomic E-state index is 0.167. The predicted molar refractivity (Wildman–Crippen MR) is 48.9 cm³/mol. The van der Waals surface area contributed by atoms with Crippen LogP contribution in [0, 0.1) is 5.92 Å². The van der Waals surface area contributed by atoms with E-state index in [1.165, 1.54) is 7.11 Å². The van der Waals surface area contributed by atoms with Gasteiger partial charge in [-0.25, -0.2) is 4.79 Å². The number of rotatable bonds is 3. The van der Waals surface area contributed by atoms with E-state index in [1.807, 2.05) is 0 Å². The summed E-state index contributed by atoms with van der Waals surface area (Å²) in [7, 11) is 1.28. The lowest BCUT2D eigenvalue weighted by Crippen LogP contribution is -2.43. The molecule has 5 nitrogen and oxygen atoms in total. The van der Waals surface area contributed by atoms with Gasteiger partial charge in [0.05, 0.1) is 13.2 Å². The molecule has 1 atom stereocenters. The summed E-state index contributed by atoms with van der Waals surface area (Å²) in [5.41, 5.74) is 0. The van der Waals surface area contributed by atoms with Crippen LogP contribution in [0.5, 0.6) is 0 Å². The number of amides is 1. The van der Waals surface area contributed by atoms with Gasteiger partial charge in [-0.05, 0) is 18.8 Å². The van der Waals surface area contributed by atoms with Gasteiger partial charge in [-0.15, -0.1) is 0 Å². The number of nitrogens with one attached hydrogen (secondary N) is 1. The van der Waals surface area contributed by atoms with Gasteiger partial charge < -0.3 is 19.6 Å². The summed E-state index contributed by atoms with van der Waals surface area (Å²) >= 11 is 0. The van der Waals surface area contributed by atoms with E-state index in [-0.39, 0.29) is 5.92 Å². The van der Waals surface area contributed by atoms with Crippen LogP contribution in [-0.2, 0) is 14.3 Å². The Labute approximate surface area is 82.8 Å². The molecule has 1 rings (SSSR count). The zero-order valence-corrected chi connectivity index (χ0v) is 8.19. The van der Waals surface area contributed by atoms with Crippen LogP contribution in [0.2, 0.25) is 0 Å². The molecule has 14 heavy (non-hydrogen) atoms. The van der Waals surface area contributed by atoms with Crippen molar-refractivity contribution in [1.82, 2.24) is 5.32 Å². The van der Waals surface area contributed by atoms with Crippen molar-refractivity contribution in [3.63, 3.8) is 0 Å². The van der Waals surface area contributed by atoms with Crippen molar-refractivity contribution in [2.45, 2.75) is 18.9 Å². The monoisotopic (exact) mass is 201 g/mol. The molecule has 0 aromatic rings. The van der Waals surface area contributed by atoms with Crippen LogP contribution in [0.25, 0.3) is 0 Å². The Kier molecular flexibility index (Phi) is 4.39. The fourth-order valence-electron chi connectivity index (χ4n) is 1.53. The van der Waals surface area contributed by atoms with E-state index in [9.17, 15) is 9.59 Å². The molecular formula is C9H15NO4. The highest BCUT2D eigenvalue weighted by molar-refractivity contribution is 5.73. The highest BCUT2D eigenvalue weighted by atomic mass is 16.5. The third-order valence-electron chi connectivity index (χ3n) is 2.39. The normalized spacial score (nSPS) is 19.8. The zero-order valence-electron chi connectivity index (χ0n) is 8.19. The minimum atomic E-state index is -0.561. The maximum atomic E-state index is 10.9. The second kappa shape index (κ2) is 5.59. The Bertz CT molecular complexity index is 201. The molecule has 80 valence electrons. The minimum Gasteiger partial charge on any atom is -0.453 e. The summed E-state index contributed by atoms with van der Waals surface area (Å²) in [6.45, 7) is 1.30. The molecule has 0 aromatic carbocycles. The highest BCUT2D eigenvalue weighted by Crippen LogP contribution is 2.17. The largest absolute Gasteiger partial charge is 0.453 e. The Balaban J connectivity index is 2.43. The van der Waals surface area contributed by atoms with Gasteiger partial charge in [-0.3, -0.25) is 0 Å². The molecule has 0 unspecified atom stereocenters. The first-order valence-corrected chi connectivity index (χ1v) is 4.65. The molecule has 1 aliphatic heterocycles. The lowest BCUT2D eigenvalue weighted by molar-refractivity contribution is -0.111. The van der Waals surface area contributed by atoms with Crippen LogP contribution in [-0.4, -0.2) is 38.7 Å². The van der Waals surface area contributed by atoms with Crippen molar-refractivity contribution in [3.05, 3.63) is 0 Å². The molecule has 1 fully saturated rings. The molecule has 0 aliphatic carbocycles. The standard InChI is InChI=1S/C9H15NO4/c1-13-9(12)10-8(6-11)7-2-4-14-5-3-7/h6-8H,2-5H2,1H3,(H,10,12)/t8-/m1/s1. The molecule has 5 heteroatoms. The number of aldehydes is 1. The van der Waals surface area contributed by atoms with Gasteiger partial charge in [0.1, 0.15) is 6.29 Å². The van der Waals surface area contributed by atoms with Gasteiger partial charge in [0.15, 0.2) is 0 Å². The Hall–Kier alpha value is -1.10. The van der Waals surface area contributed by atoms with Gasteiger partial charge in [0.25, 0.3) is 0 Å². The van der Waals surface area contributed by atoms with Crippen molar-refractivity contribution >= 4 is 12.4 Å². The molecule has 0 aromatic heterocycles. The van der Waals surface area contributed by atoms with Gasteiger partial charge in [0.2, 0.25) is 0 Å². The number of carbonyl (C=O) groups excluding carboxylic acids is 2. The van der Waals surface area contributed by atoms with Crippen molar-refractivity contribution in [2.75, 3.05) is 20.3 Å². The number of alkyl carbamates (subject to hydrolysis) is 1. The maximum absolute atomic E-state index is 10.9. The molecule has 1 N–H and O–H groups in total. The summed E-state index contributed by atoms with van der Waals surface area (Å²) < 4.78 is 9.60. The lowest BCUT2D eigenvalue weighted by Gasteiger charge is -2.26. The molecular weight excluding hydrogens is 186 g/mol. The molecule has 0 saturated carbocycles. The molecule has 1 aliphatic rings. The number of hydrogen-bond donors (Lipinski definition) is 1. The Morgan fingerprint density at radius 3 is 2.71 bits per heavy atom. The van der Waals surface area contributed by atoms with Crippen LogP contribution in [0.1, 0.15) is 12.8 Å². The molecule has 1 heterocycles. The number of methoxy groups -OCH3 is 1. The molecule has 1 amide bonds. The quantitative estimate of drug-likeness (QED) is 0.668. The van der Waals surface area contributed by atoms with Gasteiger partial charge >= 0.3 is 6.09 Å². The van der Waals surface area contributed by atoms with Gasteiger partial charge in [-0.2, -0.15) is 0 Å². The van der Waals surface area contributed by atoms with E-state index in [1.54, 1.807) is 0 Å². The first kappa shape index (κ1) is 11.0. The highest BCUT2D eigenvalue weighted by Gasteiger charge is 2.25. The summed E-state index contributed by atoms with van der Waals surface area (Å²) in [6, 6.07) is -0.452.